The van der Waals surface area contributed by atoms with Crippen molar-refractivity contribution in [3.63, 3.8) is 0 Å². The second-order valence-electron chi connectivity index (χ2n) is 7.29. The van der Waals surface area contributed by atoms with Gasteiger partial charge in [0, 0.05) is 19.6 Å². The van der Waals surface area contributed by atoms with Gasteiger partial charge in [-0.05, 0) is 43.4 Å². The number of hydrogen-bond donors (Lipinski definition) is 1. The fourth-order valence-electron chi connectivity index (χ4n) is 4.38. The number of piperidine rings is 1. The van der Waals surface area contributed by atoms with Gasteiger partial charge < -0.3 is 10.0 Å². The number of likely N-dealkylation sites (tertiary alicyclic amines) is 2. The van der Waals surface area contributed by atoms with E-state index in [1.54, 1.807) is 17.0 Å². The first-order valence-corrected chi connectivity index (χ1v) is 9.14. The molecule has 26 heavy (non-hydrogen) atoms. The van der Waals surface area contributed by atoms with E-state index in [-0.39, 0.29) is 18.1 Å². The van der Waals surface area contributed by atoms with E-state index < -0.39 is 18.1 Å². The van der Waals surface area contributed by atoms with Gasteiger partial charge in [-0.1, -0.05) is 24.3 Å². The van der Waals surface area contributed by atoms with Gasteiger partial charge in [0.05, 0.1) is 13.0 Å². The highest BCUT2D eigenvalue weighted by Crippen LogP contribution is 2.39. The van der Waals surface area contributed by atoms with Crippen molar-refractivity contribution in [3.05, 3.63) is 35.4 Å². The van der Waals surface area contributed by atoms with Crippen molar-refractivity contribution >= 4 is 5.91 Å². The smallest absolute Gasteiger partial charge is 0.393 e. The van der Waals surface area contributed by atoms with Crippen LogP contribution >= 0.6 is 0 Å². The molecule has 1 amide bonds. The van der Waals surface area contributed by atoms with E-state index in [9.17, 15) is 23.1 Å². The number of halogens is 3. The van der Waals surface area contributed by atoms with Crippen LogP contribution in [0.25, 0.3) is 0 Å². The van der Waals surface area contributed by atoms with Crippen molar-refractivity contribution in [3.8, 4) is 0 Å². The van der Waals surface area contributed by atoms with Crippen LogP contribution in [0, 0.1) is 0 Å². The van der Waals surface area contributed by atoms with Crippen molar-refractivity contribution in [2.75, 3.05) is 26.2 Å². The predicted molar refractivity (Wildman–Crippen MR) is 91.5 cm³/mol. The minimum absolute atomic E-state index is 0.0543. The van der Waals surface area contributed by atoms with Crippen LogP contribution in [0.1, 0.15) is 36.8 Å². The van der Waals surface area contributed by atoms with Crippen molar-refractivity contribution in [1.82, 2.24) is 9.80 Å². The molecule has 3 rings (SSSR count). The molecular formula is C19H25F3N2O2. The highest BCUT2D eigenvalue weighted by molar-refractivity contribution is 5.87. The van der Waals surface area contributed by atoms with E-state index in [0.29, 0.717) is 19.6 Å². The predicted octanol–water partition coefficient (Wildman–Crippen LogP) is 2.74. The number of amides is 1. The van der Waals surface area contributed by atoms with Gasteiger partial charge in [-0.3, -0.25) is 9.69 Å². The Morgan fingerprint density at radius 2 is 1.81 bits per heavy atom. The third kappa shape index (κ3) is 4.04. The number of aliphatic hydroxyl groups excluding tert-OH is 1. The zero-order chi connectivity index (χ0) is 18.8. The minimum atomic E-state index is -4.22. The molecule has 2 aliphatic heterocycles. The monoisotopic (exact) mass is 370 g/mol. The van der Waals surface area contributed by atoms with Crippen molar-refractivity contribution in [2.45, 2.75) is 50.4 Å². The fourth-order valence-corrected chi connectivity index (χ4v) is 4.38. The molecule has 7 heteroatoms. The van der Waals surface area contributed by atoms with Gasteiger partial charge in [0.15, 0.2) is 0 Å². The van der Waals surface area contributed by atoms with Gasteiger partial charge in [-0.2, -0.15) is 13.2 Å². The van der Waals surface area contributed by atoms with Crippen LogP contribution in [-0.4, -0.2) is 58.8 Å². The largest absolute Gasteiger partial charge is 0.395 e. The average Bonchev–Trinajstić information content (AvgIpc) is 2.94. The normalized spacial score (nSPS) is 24.6. The quantitative estimate of drug-likeness (QED) is 0.867. The number of alkyl halides is 3. The van der Waals surface area contributed by atoms with Crippen molar-refractivity contribution < 1.29 is 23.1 Å². The van der Waals surface area contributed by atoms with Gasteiger partial charge >= 0.3 is 6.18 Å². The molecular weight excluding hydrogens is 345 g/mol. The third-order valence-electron chi connectivity index (χ3n) is 5.47. The average molecular weight is 370 g/mol. The van der Waals surface area contributed by atoms with Crippen LogP contribution in [0.15, 0.2) is 24.3 Å². The molecule has 1 spiro atoms. The van der Waals surface area contributed by atoms with Crippen LogP contribution in [0.5, 0.6) is 0 Å². The number of nitrogens with zero attached hydrogens (tertiary/aromatic N) is 2. The summed E-state index contributed by atoms with van der Waals surface area (Å²) in [4.78, 5) is 16.9. The lowest BCUT2D eigenvalue weighted by Gasteiger charge is -2.44. The summed E-state index contributed by atoms with van der Waals surface area (Å²) < 4.78 is 37.9. The Kier molecular flexibility index (Phi) is 5.58. The molecule has 0 radical (unpaired) electrons. The zero-order valence-electron chi connectivity index (χ0n) is 14.8. The molecule has 0 saturated carbocycles. The number of hydrogen-bond acceptors (Lipinski definition) is 3. The van der Waals surface area contributed by atoms with E-state index in [0.717, 1.165) is 37.8 Å². The Bertz CT molecular complexity index is 648. The molecule has 2 aliphatic rings. The van der Waals surface area contributed by atoms with E-state index in [2.05, 4.69) is 4.90 Å². The molecule has 1 atom stereocenters. The molecule has 1 aromatic rings. The second-order valence-corrected chi connectivity index (χ2v) is 7.29. The summed E-state index contributed by atoms with van der Waals surface area (Å²) in [7, 11) is 0. The lowest BCUT2D eigenvalue weighted by atomic mass is 9.85. The van der Waals surface area contributed by atoms with Crippen molar-refractivity contribution in [1.29, 1.82) is 0 Å². The Balaban J connectivity index is 1.77. The Morgan fingerprint density at radius 3 is 2.50 bits per heavy atom. The van der Waals surface area contributed by atoms with Crippen LogP contribution in [0.3, 0.4) is 0 Å². The SMILES string of the molecule is O=C1N(CCO)CCCC12CCCN2Cc1cccc(CC(F)(F)F)c1. The fraction of sp³-hybridized carbons (Fsp3) is 0.632. The Morgan fingerprint density at radius 1 is 1.12 bits per heavy atom. The number of carbonyl (C=O) groups excluding carboxylic acids is 1. The highest BCUT2D eigenvalue weighted by atomic mass is 19.4. The standard InChI is InChI=1S/C19H25F3N2O2/c20-19(21,22)13-15-4-1-5-16(12-15)14-24-9-3-7-18(24)6-2-8-23(10-11-25)17(18)26/h1,4-5,12,25H,2-3,6-11,13-14H2. The van der Waals surface area contributed by atoms with Gasteiger partial charge in [0.1, 0.15) is 5.54 Å². The molecule has 1 aromatic carbocycles. The molecule has 1 N–H and O–H groups in total. The number of rotatable bonds is 5. The van der Waals surface area contributed by atoms with Crippen LogP contribution < -0.4 is 0 Å². The molecule has 1 unspecified atom stereocenters. The van der Waals surface area contributed by atoms with Gasteiger partial charge in [-0.25, -0.2) is 0 Å². The molecule has 4 nitrogen and oxygen atoms in total. The summed E-state index contributed by atoms with van der Waals surface area (Å²) >= 11 is 0. The van der Waals surface area contributed by atoms with E-state index in [1.165, 1.54) is 6.07 Å². The van der Waals surface area contributed by atoms with Gasteiger partial charge in [-0.15, -0.1) is 0 Å². The van der Waals surface area contributed by atoms with E-state index in [1.807, 2.05) is 6.07 Å². The number of carbonyl (C=O) groups is 1. The third-order valence-corrected chi connectivity index (χ3v) is 5.47. The molecule has 2 heterocycles. The lowest BCUT2D eigenvalue weighted by molar-refractivity contribution is -0.148. The number of aliphatic hydroxyl groups is 1. The van der Waals surface area contributed by atoms with Crippen LogP contribution in [0.2, 0.25) is 0 Å². The van der Waals surface area contributed by atoms with E-state index >= 15 is 0 Å². The summed E-state index contributed by atoms with van der Waals surface area (Å²) in [5.41, 5.74) is 0.494. The summed E-state index contributed by atoms with van der Waals surface area (Å²) in [5, 5.41) is 9.19. The maximum atomic E-state index is 13.0. The van der Waals surface area contributed by atoms with Crippen molar-refractivity contribution in [2.24, 2.45) is 0 Å². The van der Waals surface area contributed by atoms with E-state index in [4.69, 9.17) is 0 Å². The molecule has 0 aromatic heterocycles. The minimum Gasteiger partial charge on any atom is -0.395 e. The van der Waals surface area contributed by atoms with Gasteiger partial charge in [0.2, 0.25) is 5.91 Å². The summed E-state index contributed by atoms with van der Waals surface area (Å²) in [5.74, 6) is 0.0572. The zero-order valence-corrected chi connectivity index (χ0v) is 14.8. The first kappa shape index (κ1) is 19.2. The number of β-amino-alcohol motifs (C(OH)–C–C–N with tert-alkyl or cyclic N) is 1. The number of benzene rings is 1. The molecule has 0 aliphatic carbocycles. The first-order chi connectivity index (χ1) is 12.3. The molecule has 2 fully saturated rings. The summed E-state index contributed by atoms with van der Waals surface area (Å²) in [6.45, 7) is 2.19. The topological polar surface area (TPSA) is 43.8 Å². The van der Waals surface area contributed by atoms with Crippen LogP contribution in [-0.2, 0) is 17.8 Å². The summed E-state index contributed by atoms with van der Waals surface area (Å²) in [6, 6.07) is 6.56. The molecule has 144 valence electrons. The molecule has 0 bridgehead atoms. The summed E-state index contributed by atoms with van der Waals surface area (Å²) in [6.07, 6.45) is -1.82. The lowest BCUT2D eigenvalue weighted by Crippen LogP contribution is -2.60. The maximum absolute atomic E-state index is 13.0. The first-order valence-electron chi connectivity index (χ1n) is 9.14. The Labute approximate surface area is 151 Å². The van der Waals surface area contributed by atoms with Crippen LogP contribution in [0.4, 0.5) is 13.2 Å². The molecule has 2 saturated heterocycles. The second kappa shape index (κ2) is 7.56. The maximum Gasteiger partial charge on any atom is 0.393 e. The highest BCUT2D eigenvalue weighted by Gasteiger charge is 2.50. The Hall–Kier alpha value is -1.60. The van der Waals surface area contributed by atoms with Gasteiger partial charge in [0.25, 0.3) is 0 Å².